The van der Waals surface area contributed by atoms with E-state index >= 15 is 0 Å². The van der Waals surface area contributed by atoms with Crippen molar-refractivity contribution in [3.05, 3.63) is 66.9 Å². The van der Waals surface area contributed by atoms with Gasteiger partial charge in [-0.15, -0.1) is 35.9 Å². The van der Waals surface area contributed by atoms with Crippen molar-refractivity contribution in [1.29, 1.82) is 0 Å². The van der Waals surface area contributed by atoms with Crippen molar-refractivity contribution in [3.63, 3.8) is 0 Å². The second kappa shape index (κ2) is 16.1. The number of nitrogens with zero attached hydrogens (tertiary/aromatic N) is 1. The van der Waals surface area contributed by atoms with E-state index in [0.29, 0.717) is 17.8 Å². The summed E-state index contributed by atoms with van der Waals surface area (Å²) in [6.45, 7) is 0. The number of pyridine rings is 1. The van der Waals surface area contributed by atoms with Crippen LogP contribution in [-0.4, -0.2) is 27.4 Å². The minimum absolute atomic E-state index is 0. The van der Waals surface area contributed by atoms with Gasteiger partial charge in [0.25, 0.3) is 0 Å². The van der Waals surface area contributed by atoms with Crippen molar-refractivity contribution < 1.29 is 30.3 Å². The van der Waals surface area contributed by atoms with Gasteiger partial charge in [-0.05, 0) is 71.7 Å². The molecule has 235 valence electrons. The van der Waals surface area contributed by atoms with E-state index in [2.05, 4.69) is 29.2 Å². The maximum absolute atomic E-state index is 11.5. The predicted octanol–water partition coefficient (Wildman–Crippen LogP) is 9.40. The minimum atomic E-state index is -0.246. The molecule has 1 heterocycles. The largest absolute Gasteiger partial charge is 0.392 e. The van der Waals surface area contributed by atoms with E-state index in [1.807, 2.05) is 42.6 Å². The molecule has 4 saturated carbocycles. The van der Waals surface area contributed by atoms with Gasteiger partial charge >= 0.3 is 0 Å². The molecule has 2 N–H and O–H groups in total. The maximum atomic E-state index is 11.5. The van der Waals surface area contributed by atoms with Crippen LogP contribution in [0.3, 0.4) is 0 Å². The number of benzene rings is 2. The van der Waals surface area contributed by atoms with Gasteiger partial charge in [0.15, 0.2) is 0 Å². The van der Waals surface area contributed by atoms with E-state index in [4.69, 9.17) is 0 Å². The third-order valence-electron chi connectivity index (χ3n) is 11.6. The molecule has 4 heteroatoms. The van der Waals surface area contributed by atoms with Crippen molar-refractivity contribution in [2.24, 2.45) is 35.5 Å². The molecule has 0 amide bonds. The Kier molecular flexibility index (Phi) is 12.3. The molecule has 4 atom stereocenters. The first-order chi connectivity index (χ1) is 20.7. The summed E-state index contributed by atoms with van der Waals surface area (Å²) >= 11 is 0. The second-order valence-electron chi connectivity index (χ2n) is 14.0. The minimum Gasteiger partial charge on any atom is -0.392 e. The van der Waals surface area contributed by atoms with Crippen LogP contribution in [-0.2, 0) is 20.1 Å². The second-order valence-corrected chi connectivity index (χ2v) is 14.0. The molecular formula is C39H52IrNO2-. The van der Waals surface area contributed by atoms with Gasteiger partial charge < -0.3 is 15.2 Å². The first-order valence-corrected chi connectivity index (χ1v) is 17.4. The van der Waals surface area contributed by atoms with Crippen molar-refractivity contribution in [3.8, 4) is 11.3 Å². The third kappa shape index (κ3) is 7.99. The molecule has 0 spiro atoms. The summed E-state index contributed by atoms with van der Waals surface area (Å²) in [7, 11) is 0. The molecule has 0 aliphatic heterocycles. The number of aromatic nitrogens is 1. The number of fused-ring (bicyclic) bond motifs is 2. The fourth-order valence-electron chi connectivity index (χ4n) is 9.37. The smallest absolute Gasteiger partial charge is 0.0626 e. The van der Waals surface area contributed by atoms with E-state index in [-0.39, 0.29) is 38.2 Å². The standard InChI is InChI=1S/C24H42O2.C15H10N.Ir/c25-23-20(17-9-3-1-4-10-17)15-7-13-19-14-8-16-21(24(26)22(19)23)18-11-5-2-6-12-18;1-2-6-12(7-3-1)15-10-13-8-4-5-9-14(13)11-16-15;/h17-26H,1-16H2;1-6,8-11H;/q;-1;/t19?,20-,21-,22?,23?,24?;;/m1../s1. The van der Waals surface area contributed by atoms with Gasteiger partial charge in [0.1, 0.15) is 0 Å². The molecule has 2 aromatic carbocycles. The molecule has 3 aromatic rings. The van der Waals surface area contributed by atoms with E-state index in [0.717, 1.165) is 23.1 Å². The van der Waals surface area contributed by atoms with E-state index < -0.39 is 0 Å². The topological polar surface area (TPSA) is 53.4 Å². The molecular weight excluding hydrogens is 707 g/mol. The Labute approximate surface area is 273 Å². The van der Waals surface area contributed by atoms with Crippen LogP contribution in [0.25, 0.3) is 22.0 Å². The molecule has 3 nitrogen and oxygen atoms in total. The molecule has 7 rings (SSSR count). The fourth-order valence-corrected chi connectivity index (χ4v) is 9.37. The summed E-state index contributed by atoms with van der Waals surface area (Å²) < 4.78 is 0. The van der Waals surface area contributed by atoms with Gasteiger partial charge in [-0.2, -0.15) is 0 Å². The average Bonchev–Trinajstić information content (AvgIpc) is 3.33. The Hall–Kier alpha value is -1.58. The van der Waals surface area contributed by atoms with Crippen LogP contribution in [0.2, 0.25) is 0 Å². The van der Waals surface area contributed by atoms with Crippen LogP contribution in [0.4, 0.5) is 0 Å². The quantitative estimate of drug-likeness (QED) is 0.262. The zero-order valence-corrected chi connectivity index (χ0v) is 28.3. The van der Waals surface area contributed by atoms with E-state index in [9.17, 15) is 10.2 Å². The molecule has 4 aliphatic rings. The van der Waals surface area contributed by atoms with Gasteiger partial charge in [-0.1, -0.05) is 107 Å². The van der Waals surface area contributed by atoms with Gasteiger partial charge in [0.05, 0.1) is 12.2 Å². The van der Waals surface area contributed by atoms with Crippen molar-refractivity contribution in [2.45, 2.75) is 115 Å². The summed E-state index contributed by atoms with van der Waals surface area (Å²) in [6, 6.07) is 21.4. The van der Waals surface area contributed by atoms with Crippen LogP contribution in [0, 0.1) is 41.6 Å². The summed E-state index contributed by atoms with van der Waals surface area (Å²) in [5, 5.41) is 25.5. The monoisotopic (exact) mass is 759 g/mol. The first kappa shape index (κ1) is 32.8. The zero-order chi connectivity index (χ0) is 28.7. The third-order valence-corrected chi connectivity index (χ3v) is 11.6. The Balaban J connectivity index is 0.000000186. The summed E-state index contributed by atoms with van der Waals surface area (Å²) in [4.78, 5) is 4.45. The maximum Gasteiger partial charge on any atom is 0.0626 e. The molecule has 0 saturated heterocycles. The molecule has 4 aliphatic carbocycles. The Morgan fingerprint density at radius 1 is 0.581 bits per heavy atom. The molecule has 2 unspecified atom stereocenters. The van der Waals surface area contributed by atoms with E-state index in [1.54, 1.807) is 0 Å². The van der Waals surface area contributed by atoms with Crippen LogP contribution in [0.5, 0.6) is 0 Å². The van der Waals surface area contributed by atoms with Crippen LogP contribution in [0.1, 0.15) is 103 Å². The van der Waals surface area contributed by atoms with Crippen LogP contribution in [0.15, 0.2) is 60.8 Å². The predicted molar refractivity (Wildman–Crippen MR) is 173 cm³/mol. The number of aliphatic hydroxyl groups is 2. The van der Waals surface area contributed by atoms with Crippen molar-refractivity contribution >= 4 is 10.8 Å². The SMILES string of the molecule is OC1C2C(CCC[C@@H]1C1CCCCC1)CCC[C@H](C1CCCCC1)C2O.[Ir].[c-]1ccccc1-c1cc2ccccc2cn1. The molecule has 1 aromatic heterocycles. The number of aliphatic hydroxyl groups excluding tert-OH is 2. The summed E-state index contributed by atoms with van der Waals surface area (Å²) in [5.74, 6) is 3.11. The van der Waals surface area contributed by atoms with Crippen LogP contribution < -0.4 is 0 Å². The molecule has 4 fully saturated rings. The molecule has 0 bridgehead atoms. The van der Waals surface area contributed by atoms with Crippen LogP contribution >= 0.6 is 0 Å². The van der Waals surface area contributed by atoms with Gasteiger partial charge in [0, 0.05) is 32.2 Å². The Bertz CT molecular complexity index is 1200. The summed E-state index contributed by atoms with van der Waals surface area (Å²) in [5.41, 5.74) is 2.01. The molecule has 43 heavy (non-hydrogen) atoms. The Morgan fingerprint density at radius 3 is 1.67 bits per heavy atom. The number of hydrogen-bond acceptors (Lipinski definition) is 3. The fraction of sp³-hybridized carbons (Fsp3) is 0.615. The number of hydrogen-bond donors (Lipinski definition) is 2. The Morgan fingerprint density at radius 2 is 1.12 bits per heavy atom. The van der Waals surface area contributed by atoms with Crippen molar-refractivity contribution in [1.82, 2.24) is 4.98 Å². The normalized spacial score (nSPS) is 30.6. The number of rotatable bonds is 3. The molecule has 1 radical (unpaired) electrons. The van der Waals surface area contributed by atoms with Gasteiger partial charge in [-0.25, -0.2) is 0 Å². The van der Waals surface area contributed by atoms with Crippen molar-refractivity contribution in [2.75, 3.05) is 0 Å². The zero-order valence-electron chi connectivity index (χ0n) is 25.9. The van der Waals surface area contributed by atoms with E-state index in [1.165, 1.54) is 114 Å². The summed E-state index contributed by atoms with van der Waals surface area (Å²) in [6.07, 6.45) is 22.4. The average molecular weight is 759 g/mol. The van der Waals surface area contributed by atoms with Gasteiger partial charge in [-0.3, -0.25) is 0 Å². The van der Waals surface area contributed by atoms with Gasteiger partial charge in [0.2, 0.25) is 0 Å². The first-order valence-electron chi connectivity index (χ1n) is 17.4.